The molecule has 0 spiro atoms. The number of hydrogen-bond acceptors (Lipinski definition) is 11. The van der Waals surface area contributed by atoms with E-state index in [0.29, 0.717) is 5.56 Å². The number of carbonyl (C=O) groups excluding carboxylic acids is 2. The maximum atomic E-state index is 12.5. The highest BCUT2D eigenvalue weighted by molar-refractivity contribution is 8.26. The molecule has 5 unspecified atom stereocenters. The lowest BCUT2D eigenvalue weighted by molar-refractivity contribution is -0.244. The number of benzene rings is 1. The maximum absolute atomic E-state index is 12.5. The molecule has 0 aliphatic carbocycles. The average molecular weight is 529 g/mol. The van der Waals surface area contributed by atoms with Crippen molar-refractivity contribution in [1.82, 2.24) is 10.2 Å². The van der Waals surface area contributed by atoms with Crippen LogP contribution in [0.25, 0.3) is 6.08 Å². The summed E-state index contributed by atoms with van der Waals surface area (Å²) < 4.78 is 16.9. The number of nitrogens with one attached hydrogen (secondary N) is 1. The smallest absolute Gasteiger partial charge is 0.323 e. The summed E-state index contributed by atoms with van der Waals surface area (Å²) in [5.41, 5.74) is 0.525. The second-order valence-electron chi connectivity index (χ2n) is 7.62. The van der Waals surface area contributed by atoms with E-state index in [9.17, 15) is 29.7 Å². The molecule has 190 valence electrons. The molecule has 0 saturated carbocycles. The highest BCUT2D eigenvalue weighted by Crippen LogP contribution is 2.36. The number of carboxylic acid groups (broad SMARTS) is 1. The number of carbonyl (C=O) groups is 3. The molecule has 2 amide bonds. The number of aliphatic hydroxyl groups is 3. The van der Waals surface area contributed by atoms with E-state index >= 15 is 0 Å². The summed E-state index contributed by atoms with van der Waals surface area (Å²) in [4.78, 5) is 36.3. The van der Waals surface area contributed by atoms with Crippen molar-refractivity contribution < 1.29 is 49.0 Å². The molecule has 0 aromatic heterocycles. The molecular formula is C21H24N2O10S2. The van der Waals surface area contributed by atoms with Gasteiger partial charge in [-0.3, -0.25) is 19.3 Å². The van der Waals surface area contributed by atoms with Gasteiger partial charge in [-0.15, -0.1) is 0 Å². The van der Waals surface area contributed by atoms with E-state index in [1.165, 1.54) is 26.2 Å². The van der Waals surface area contributed by atoms with Crippen LogP contribution in [-0.4, -0.2) is 98.3 Å². The number of aliphatic carboxylic acids is 1. The Morgan fingerprint density at radius 3 is 2.60 bits per heavy atom. The first-order valence-corrected chi connectivity index (χ1v) is 11.5. The second kappa shape index (κ2) is 11.3. The predicted molar refractivity (Wildman–Crippen MR) is 127 cm³/mol. The van der Waals surface area contributed by atoms with Crippen molar-refractivity contribution in [2.45, 2.75) is 37.6 Å². The monoisotopic (exact) mass is 528 g/mol. The van der Waals surface area contributed by atoms with Crippen molar-refractivity contribution in [3.8, 4) is 11.5 Å². The largest absolute Gasteiger partial charge is 0.493 e. The maximum Gasteiger partial charge on any atom is 0.323 e. The number of nitrogens with zero attached hydrogens (tertiary/aromatic N) is 1. The Bertz CT molecular complexity index is 1050. The normalized spacial score (nSPS) is 27.7. The zero-order valence-corrected chi connectivity index (χ0v) is 20.2. The average Bonchev–Trinajstić information content (AvgIpc) is 3.06. The fraction of sp³-hybridized carbons (Fsp3) is 0.429. The van der Waals surface area contributed by atoms with Gasteiger partial charge in [0.2, 0.25) is 12.2 Å². The second-order valence-corrected chi connectivity index (χ2v) is 9.30. The molecule has 2 heterocycles. The molecule has 3 rings (SSSR count). The molecule has 5 N–H and O–H groups in total. The topological polar surface area (TPSA) is 175 Å². The van der Waals surface area contributed by atoms with Crippen LogP contribution >= 0.6 is 24.0 Å². The Labute approximate surface area is 209 Å². The Balaban J connectivity index is 1.84. The fourth-order valence-electron chi connectivity index (χ4n) is 3.49. The lowest BCUT2D eigenvalue weighted by atomic mass is 9.97. The van der Waals surface area contributed by atoms with Crippen LogP contribution in [0.5, 0.6) is 11.5 Å². The first-order chi connectivity index (χ1) is 16.5. The first-order valence-electron chi connectivity index (χ1n) is 10.3. The fourth-order valence-corrected chi connectivity index (χ4v) is 4.75. The summed E-state index contributed by atoms with van der Waals surface area (Å²) in [6.45, 7) is 0.0914. The van der Waals surface area contributed by atoms with Crippen LogP contribution in [-0.2, 0) is 19.1 Å². The zero-order valence-electron chi connectivity index (χ0n) is 18.6. The van der Waals surface area contributed by atoms with E-state index < -0.39 is 61.6 Å². The predicted octanol–water partition coefficient (Wildman–Crippen LogP) is -0.696. The Hall–Kier alpha value is -2.75. The first kappa shape index (κ1) is 26.8. The molecule has 0 radical (unpaired) electrons. The summed E-state index contributed by atoms with van der Waals surface area (Å²) in [6, 6.07) is 3.49. The molecule has 2 saturated heterocycles. The zero-order chi connectivity index (χ0) is 25.9. The lowest BCUT2D eigenvalue weighted by Gasteiger charge is -2.42. The molecule has 14 heteroatoms. The van der Waals surface area contributed by atoms with E-state index in [-0.39, 0.29) is 20.7 Å². The van der Waals surface area contributed by atoms with Crippen molar-refractivity contribution in [1.29, 1.82) is 0 Å². The summed E-state index contributed by atoms with van der Waals surface area (Å²) in [5.74, 6) is -1.84. The SMILES string of the molecule is COc1cc(/C=C2\SC(=S)N(CC(=O)O)C2=O)ccc1OC1OC(CO)C(O)C(O)C1NC(C)=O. The van der Waals surface area contributed by atoms with Crippen LogP contribution in [0.3, 0.4) is 0 Å². The minimum atomic E-state index is -1.48. The van der Waals surface area contributed by atoms with Crippen molar-refractivity contribution >= 4 is 52.2 Å². The minimum Gasteiger partial charge on any atom is -0.493 e. The van der Waals surface area contributed by atoms with E-state index in [2.05, 4.69) is 5.32 Å². The molecular weight excluding hydrogens is 504 g/mol. The Morgan fingerprint density at radius 2 is 2.00 bits per heavy atom. The molecule has 1 aromatic carbocycles. The summed E-state index contributed by atoms with van der Waals surface area (Å²) >= 11 is 6.06. The number of thioether (sulfide) groups is 1. The number of methoxy groups -OCH3 is 1. The van der Waals surface area contributed by atoms with Gasteiger partial charge >= 0.3 is 5.97 Å². The third-order valence-corrected chi connectivity index (χ3v) is 6.52. The van der Waals surface area contributed by atoms with Gasteiger partial charge in [0.15, 0.2) is 11.5 Å². The van der Waals surface area contributed by atoms with Gasteiger partial charge < -0.3 is 40.0 Å². The van der Waals surface area contributed by atoms with Crippen LogP contribution in [0.2, 0.25) is 0 Å². The van der Waals surface area contributed by atoms with Crippen molar-refractivity contribution in [3.05, 3.63) is 28.7 Å². The van der Waals surface area contributed by atoms with Crippen molar-refractivity contribution in [2.75, 3.05) is 20.3 Å². The van der Waals surface area contributed by atoms with Gasteiger partial charge in [-0.1, -0.05) is 30.0 Å². The van der Waals surface area contributed by atoms with Crippen molar-refractivity contribution in [2.24, 2.45) is 0 Å². The van der Waals surface area contributed by atoms with Gasteiger partial charge in [0.1, 0.15) is 35.2 Å². The number of hydrogen-bond donors (Lipinski definition) is 5. The van der Waals surface area contributed by atoms with E-state index in [1.54, 1.807) is 12.1 Å². The highest BCUT2D eigenvalue weighted by atomic mass is 32.2. The van der Waals surface area contributed by atoms with E-state index in [4.69, 9.17) is 31.5 Å². The van der Waals surface area contributed by atoms with Gasteiger partial charge in [0.05, 0.1) is 18.6 Å². The summed E-state index contributed by atoms with van der Waals surface area (Å²) in [5, 5.41) is 41.5. The van der Waals surface area contributed by atoms with E-state index in [1.807, 2.05) is 0 Å². The Morgan fingerprint density at radius 1 is 1.29 bits per heavy atom. The third kappa shape index (κ3) is 6.09. The van der Waals surface area contributed by atoms with Gasteiger partial charge in [0.25, 0.3) is 5.91 Å². The molecule has 0 bridgehead atoms. The number of rotatable bonds is 8. The number of carboxylic acids is 1. The molecule has 2 aliphatic rings. The van der Waals surface area contributed by atoms with E-state index in [0.717, 1.165) is 16.7 Å². The molecule has 12 nitrogen and oxygen atoms in total. The Kier molecular flexibility index (Phi) is 8.69. The molecule has 2 aliphatic heterocycles. The number of thiocarbonyl (C=S) groups is 1. The van der Waals surface area contributed by atoms with Crippen LogP contribution in [0.1, 0.15) is 12.5 Å². The molecule has 2 fully saturated rings. The third-order valence-electron chi connectivity index (χ3n) is 5.15. The van der Waals surface area contributed by atoms with Gasteiger partial charge in [-0.05, 0) is 23.8 Å². The standard InChI is InChI=1S/C21H24N2O10S2/c1-9(25)22-16-18(29)17(28)13(8-24)33-20(16)32-11-4-3-10(5-12(11)31-2)6-14-19(30)23(7-15(26)27)21(34)35-14/h3-6,13,16-18,20,24,28-29H,7-8H2,1-2H3,(H,22,25)(H,26,27)/b14-6-. The van der Waals surface area contributed by atoms with Crippen LogP contribution < -0.4 is 14.8 Å². The molecule has 1 aromatic rings. The van der Waals surface area contributed by atoms with Crippen LogP contribution in [0.4, 0.5) is 0 Å². The molecule has 35 heavy (non-hydrogen) atoms. The summed E-state index contributed by atoms with van der Waals surface area (Å²) in [7, 11) is 1.38. The summed E-state index contributed by atoms with van der Waals surface area (Å²) in [6.07, 6.45) is -3.85. The number of amides is 2. The number of ether oxygens (including phenoxy) is 3. The quantitative estimate of drug-likeness (QED) is 0.212. The highest BCUT2D eigenvalue weighted by Gasteiger charge is 2.46. The van der Waals surface area contributed by atoms with Gasteiger partial charge in [0, 0.05) is 6.92 Å². The lowest BCUT2D eigenvalue weighted by Crippen LogP contribution is -2.65. The molecule has 5 atom stereocenters. The van der Waals surface area contributed by atoms with Crippen LogP contribution in [0, 0.1) is 0 Å². The van der Waals surface area contributed by atoms with Gasteiger partial charge in [-0.2, -0.15) is 0 Å². The minimum absolute atomic E-state index is 0.133. The van der Waals surface area contributed by atoms with Crippen molar-refractivity contribution in [3.63, 3.8) is 0 Å². The van der Waals surface area contributed by atoms with Gasteiger partial charge in [-0.25, -0.2) is 0 Å². The number of aliphatic hydroxyl groups excluding tert-OH is 3. The van der Waals surface area contributed by atoms with Crippen LogP contribution in [0.15, 0.2) is 23.1 Å².